The number of hydrogen-bond donors (Lipinski definition) is 1. The minimum Gasteiger partial charge on any atom is -0.341 e. The maximum absolute atomic E-state index is 12.6. The molecule has 2 aromatic carbocycles. The van der Waals surface area contributed by atoms with Crippen molar-refractivity contribution < 1.29 is 4.79 Å². The van der Waals surface area contributed by atoms with Crippen molar-refractivity contribution in [2.75, 3.05) is 7.05 Å². The van der Waals surface area contributed by atoms with Crippen molar-refractivity contribution in [3.05, 3.63) is 70.7 Å². The number of nitrogens with zero attached hydrogens (tertiary/aromatic N) is 1. The molecular formula is C18H22Cl2N2O. The lowest BCUT2D eigenvalue weighted by Crippen LogP contribution is -2.36. The fourth-order valence-electron chi connectivity index (χ4n) is 2.45. The van der Waals surface area contributed by atoms with Crippen molar-refractivity contribution in [1.29, 1.82) is 0 Å². The zero-order valence-corrected chi connectivity index (χ0v) is 14.8. The molecule has 0 spiro atoms. The number of rotatable bonds is 5. The van der Waals surface area contributed by atoms with Gasteiger partial charge in [-0.05, 0) is 23.3 Å². The van der Waals surface area contributed by atoms with Gasteiger partial charge in [0.2, 0.25) is 5.91 Å². The van der Waals surface area contributed by atoms with Crippen LogP contribution < -0.4 is 5.73 Å². The lowest BCUT2D eigenvalue weighted by molar-refractivity contribution is -0.134. The third-order valence-electron chi connectivity index (χ3n) is 3.80. The molecule has 0 bridgehead atoms. The largest absolute Gasteiger partial charge is 0.341 e. The number of carbonyl (C=O) groups is 1. The molecule has 3 nitrogen and oxygen atoms in total. The highest BCUT2D eigenvalue weighted by Crippen LogP contribution is 2.21. The van der Waals surface area contributed by atoms with Crippen LogP contribution in [0.1, 0.15) is 24.1 Å². The Balaban J connectivity index is 0.00000264. The quantitative estimate of drug-likeness (QED) is 0.881. The van der Waals surface area contributed by atoms with Crippen LogP contribution in [0.5, 0.6) is 0 Å². The molecule has 0 heterocycles. The van der Waals surface area contributed by atoms with Crippen molar-refractivity contribution in [1.82, 2.24) is 4.90 Å². The van der Waals surface area contributed by atoms with Gasteiger partial charge in [-0.25, -0.2) is 0 Å². The van der Waals surface area contributed by atoms with Crippen LogP contribution in [0.2, 0.25) is 5.02 Å². The fourth-order valence-corrected chi connectivity index (χ4v) is 2.67. The number of carbonyl (C=O) groups excluding carboxylic acids is 1. The molecule has 2 unspecified atom stereocenters. The Labute approximate surface area is 148 Å². The Kier molecular flexibility index (Phi) is 7.56. The summed E-state index contributed by atoms with van der Waals surface area (Å²) in [6, 6.07) is 16.9. The zero-order chi connectivity index (χ0) is 16.1. The van der Waals surface area contributed by atoms with E-state index >= 15 is 0 Å². The molecular weight excluding hydrogens is 331 g/mol. The molecule has 2 rings (SSSR count). The van der Waals surface area contributed by atoms with Gasteiger partial charge in [-0.2, -0.15) is 0 Å². The van der Waals surface area contributed by atoms with Crippen LogP contribution >= 0.6 is 24.0 Å². The highest BCUT2D eigenvalue weighted by molar-refractivity contribution is 6.30. The topological polar surface area (TPSA) is 46.3 Å². The number of nitrogens with two attached hydrogens (primary N) is 1. The van der Waals surface area contributed by atoms with Gasteiger partial charge >= 0.3 is 0 Å². The van der Waals surface area contributed by atoms with E-state index < -0.39 is 0 Å². The van der Waals surface area contributed by atoms with E-state index in [0.717, 1.165) is 11.1 Å². The molecule has 5 heteroatoms. The first-order chi connectivity index (χ1) is 10.5. The fraction of sp³-hybridized carbons (Fsp3) is 0.278. The SMILES string of the molecule is CC(C(=O)N(C)Cc1cccc(Cl)c1)C(N)c1ccccc1.Cl. The van der Waals surface area contributed by atoms with E-state index in [-0.39, 0.29) is 30.3 Å². The highest BCUT2D eigenvalue weighted by atomic mass is 35.5. The van der Waals surface area contributed by atoms with E-state index in [2.05, 4.69) is 0 Å². The zero-order valence-electron chi connectivity index (χ0n) is 13.3. The summed E-state index contributed by atoms with van der Waals surface area (Å²) in [6.07, 6.45) is 0. The standard InChI is InChI=1S/C18H21ClN2O.ClH/c1-13(17(20)15-8-4-3-5-9-15)18(22)21(2)12-14-7-6-10-16(19)11-14;/h3-11,13,17H,12,20H2,1-2H3;1H. The van der Waals surface area contributed by atoms with Crippen LogP contribution in [0.4, 0.5) is 0 Å². The lowest BCUT2D eigenvalue weighted by Gasteiger charge is -2.25. The smallest absolute Gasteiger partial charge is 0.227 e. The average Bonchev–Trinajstić information content (AvgIpc) is 2.53. The van der Waals surface area contributed by atoms with Gasteiger partial charge in [0, 0.05) is 24.7 Å². The molecule has 0 aliphatic carbocycles. The summed E-state index contributed by atoms with van der Waals surface area (Å²) >= 11 is 5.98. The summed E-state index contributed by atoms with van der Waals surface area (Å²) in [5.41, 5.74) is 8.20. The molecule has 2 aromatic rings. The Morgan fingerprint density at radius 2 is 1.83 bits per heavy atom. The number of benzene rings is 2. The summed E-state index contributed by atoms with van der Waals surface area (Å²) in [7, 11) is 1.79. The number of amides is 1. The van der Waals surface area contributed by atoms with Crippen LogP contribution in [-0.2, 0) is 11.3 Å². The minimum absolute atomic E-state index is 0. The Morgan fingerprint density at radius 3 is 2.43 bits per heavy atom. The molecule has 0 radical (unpaired) electrons. The van der Waals surface area contributed by atoms with Crippen molar-refractivity contribution >= 4 is 29.9 Å². The Hall–Kier alpha value is -1.55. The van der Waals surface area contributed by atoms with E-state index in [1.165, 1.54) is 0 Å². The third kappa shape index (κ3) is 5.24. The maximum Gasteiger partial charge on any atom is 0.227 e. The van der Waals surface area contributed by atoms with E-state index in [1.54, 1.807) is 11.9 Å². The Bertz CT molecular complexity index is 634. The second kappa shape index (κ2) is 8.92. The lowest BCUT2D eigenvalue weighted by atomic mass is 9.94. The Morgan fingerprint density at radius 1 is 1.17 bits per heavy atom. The molecule has 0 fully saturated rings. The minimum atomic E-state index is -0.310. The van der Waals surface area contributed by atoms with Gasteiger partial charge in [0.15, 0.2) is 0 Å². The van der Waals surface area contributed by atoms with E-state index in [9.17, 15) is 4.79 Å². The van der Waals surface area contributed by atoms with Crippen molar-refractivity contribution in [2.45, 2.75) is 19.5 Å². The number of halogens is 2. The molecule has 124 valence electrons. The van der Waals surface area contributed by atoms with Gasteiger partial charge in [-0.3, -0.25) is 4.79 Å². The van der Waals surface area contributed by atoms with Gasteiger partial charge < -0.3 is 10.6 Å². The summed E-state index contributed by atoms with van der Waals surface area (Å²) in [5, 5.41) is 0.674. The first kappa shape index (κ1) is 19.5. The van der Waals surface area contributed by atoms with Crippen LogP contribution in [0.3, 0.4) is 0 Å². The average molecular weight is 353 g/mol. The molecule has 2 atom stereocenters. The molecule has 0 aliphatic heterocycles. The second-order valence-corrected chi connectivity index (χ2v) is 5.99. The first-order valence-electron chi connectivity index (χ1n) is 7.29. The summed E-state index contributed by atoms with van der Waals surface area (Å²) in [5.74, 6) is -0.261. The third-order valence-corrected chi connectivity index (χ3v) is 4.03. The highest BCUT2D eigenvalue weighted by Gasteiger charge is 2.24. The van der Waals surface area contributed by atoms with Gasteiger partial charge in [-0.1, -0.05) is 61.0 Å². The van der Waals surface area contributed by atoms with Crippen molar-refractivity contribution in [3.63, 3.8) is 0 Å². The van der Waals surface area contributed by atoms with Crippen molar-refractivity contribution in [3.8, 4) is 0 Å². The molecule has 2 N–H and O–H groups in total. The van der Waals surface area contributed by atoms with Gasteiger partial charge in [0.05, 0.1) is 5.92 Å². The molecule has 0 saturated carbocycles. The first-order valence-corrected chi connectivity index (χ1v) is 7.67. The van der Waals surface area contributed by atoms with Gasteiger partial charge in [0.1, 0.15) is 0 Å². The predicted octanol–water partition coefficient (Wildman–Crippen LogP) is 4.06. The van der Waals surface area contributed by atoms with Gasteiger partial charge in [-0.15, -0.1) is 12.4 Å². The molecule has 0 aliphatic rings. The molecule has 1 amide bonds. The summed E-state index contributed by atoms with van der Waals surface area (Å²) in [6.45, 7) is 2.39. The molecule has 0 aromatic heterocycles. The van der Waals surface area contributed by atoms with Crippen LogP contribution in [0.15, 0.2) is 54.6 Å². The monoisotopic (exact) mass is 352 g/mol. The van der Waals surface area contributed by atoms with Crippen molar-refractivity contribution in [2.24, 2.45) is 11.7 Å². The summed E-state index contributed by atoms with van der Waals surface area (Å²) in [4.78, 5) is 14.3. The molecule has 0 saturated heterocycles. The van der Waals surface area contributed by atoms with E-state index in [4.69, 9.17) is 17.3 Å². The second-order valence-electron chi connectivity index (χ2n) is 5.55. The van der Waals surface area contributed by atoms with E-state index in [0.29, 0.717) is 11.6 Å². The van der Waals surface area contributed by atoms with Crippen LogP contribution in [-0.4, -0.2) is 17.9 Å². The van der Waals surface area contributed by atoms with Crippen LogP contribution in [0.25, 0.3) is 0 Å². The summed E-state index contributed by atoms with van der Waals surface area (Å²) < 4.78 is 0. The normalized spacial score (nSPS) is 12.9. The molecule has 23 heavy (non-hydrogen) atoms. The predicted molar refractivity (Wildman–Crippen MR) is 97.7 cm³/mol. The van der Waals surface area contributed by atoms with E-state index in [1.807, 2.05) is 61.5 Å². The maximum atomic E-state index is 12.6. The van der Waals surface area contributed by atoms with Crippen LogP contribution in [0, 0.1) is 5.92 Å². The number of hydrogen-bond acceptors (Lipinski definition) is 2. The van der Waals surface area contributed by atoms with Gasteiger partial charge in [0.25, 0.3) is 0 Å².